The fourth-order valence-electron chi connectivity index (χ4n) is 4.26. The van der Waals surface area contributed by atoms with E-state index in [9.17, 15) is 4.79 Å². The second kappa shape index (κ2) is 11.3. The van der Waals surface area contributed by atoms with Crippen molar-refractivity contribution in [3.8, 4) is 0 Å². The Hall–Kier alpha value is -2.72. The zero-order chi connectivity index (χ0) is 24.7. The smallest absolute Gasteiger partial charge is 0.255 e. The maximum Gasteiger partial charge on any atom is 0.255 e. The molecule has 4 aromatic rings. The average Bonchev–Trinajstić information content (AvgIpc) is 2.89. The SMILES string of the molecule is CCCC(Cl)(SC(c1ccccc1)(c1ccccc1)c1ccccc1)C(=O)Nc1cccc(Cl)c1. The number of nitrogens with one attached hydrogen (secondary N) is 1. The molecule has 2 nitrogen and oxygen atoms in total. The van der Waals surface area contributed by atoms with Gasteiger partial charge in [0.25, 0.3) is 5.91 Å². The molecule has 4 aromatic carbocycles. The van der Waals surface area contributed by atoms with Crippen LogP contribution in [-0.4, -0.2) is 10.1 Å². The molecule has 5 heteroatoms. The highest BCUT2D eigenvalue weighted by atomic mass is 35.5. The Morgan fingerprint density at radius 1 is 0.771 bits per heavy atom. The van der Waals surface area contributed by atoms with Gasteiger partial charge < -0.3 is 5.32 Å². The summed E-state index contributed by atoms with van der Waals surface area (Å²) in [5, 5.41) is 3.56. The lowest BCUT2D eigenvalue weighted by molar-refractivity contribution is -0.116. The minimum Gasteiger partial charge on any atom is -0.324 e. The number of halogens is 2. The van der Waals surface area contributed by atoms with Gasteiger partial charge in [0.1, 0.15) is 0 Å². The second-order valence-electron chi connectivity index (χ2n) is 8.32. The van der Waals surface area contributed by atoms with Crippen LogP contribution in [0, 0.1) is 0 Å². The Kier molecular flexibility index (Phi) is 8.22. The molecule has 0 aromatic heterocycles. The zero-order valence-electron chi connectivity index (χ0n) is 19.5. The summed E-state index contributed by atoms with van der Waals surface area (Å²) in [5.74, 6) is -0.263. The van der Waals surface area contributed by atoms with Crippen LogP contribution < -0.4 is 5.32 Å². The van der Waals surface area contributed by atoms with E-state index in [2.05, 4.69) is 41.7 Å². The van der Waals surface area contributed by atoms with Crippen molar-refractivity contribution in [2.24, 2.45) is 0 Å². The van der Waals surface area contributed by atoms with Crippen LogP contribution in [0.1, 0.15) is 36.5 Å². The zero-order valence-corrected chi connectivity index (χ0v) is 21.8. The molecule has 1 atom stereocenters. The number of alkyl halides is 1. The van der Waals surface area contributed by atoms with Gasteiger partial charge >= 0.3 is 0 Å². The van der Waals surface area contributed by atoms with Gasteiger partial charge in [0.15, 0.2) is 4.21 Å². The number of carbonyl (C=O) groups is 1. The molecular weight excluding hydrogens is 493 g/mol. The van der Waals surface area contributed by atoms with E-state index in [-0.39, 0.29) is 5.91 Å². The molecule has 1 unspecified atom stereocenters. The normalized spacial score (nSPS) is 13.1. The van der Waals surface area contributed by atoms with Crippen LogP contribution in [-0.2, 0) is 9.54 Å². The van der Waals surface area contributed by atoms with Gasteiger partial charge in [-0.2, -0.15) is 0 Å². The Morgan fingerprint density at radius 3 is 1.69 bits per heavy atom. The van der Waals surface area contributed by atoms with E-state index in [4.69, 9.17) is 23.2 Å². The van der Waals surface area contributed by atoms with Crippen molar-refractivity contribution in [2.75, 3.05) is 5.32 Å². The first-order chi connectivity index (χ1) is 17.0. The van der Waals surface area contributed by atoms with Gasteiger partial charge in [-0.1, -0.05) is 134 Å². The minimum absolute atomic E-state index is 0.263. The van der Waals surface area contributed by atoms with Crippen LogP contribution in [0.5, 0.6) is 0 Å². The van der Waals surface area contributed by atoms with Crippen LogP contribution in [0.25, 0.3) is 0 Å². The lowest BCUT2D eigenvalue weighted by Gasteiger charge is -2.41. The van der Waals surface area contributed by atoms with Crippen molar-refractivity contribution in [1.29, 1.82) is 0 Å². The van der Waals surface area contributed by atoms with E-state index < -0.39 is 8.95 Å². The van der Waals surface area contributed by atoms with Crippen LogP contribution in [0.3, 0.4) is 0 Å². The molecule has 4 rings (SSSR count). The van der Waals surface area contributed by atoms with Gasteiger partial charge in [-0.25, -0.2) is 0 Å². The van der Waals surface area contributed by atoms with Crippen molar-refractivity contribution in [3.05, 3.63) is 137 Å². The molecule has 178 valence electrons. The Morgan fingerprint density at radius 2 is 1.26 bits per heavy atom. The molecule has 0 saturated heterocycles. The molecule has 0 spiro atoms. The summed E-state index contributed by atoms with van der Waals surface area (Å²) < 4.78 is -1.97. The van der Waals surface area contributed by atoms with Crippen LogP contribution in [0.4, 0.5) is 5.69 Å². The fourth-order valence-corrected chi connectivity index (χ4v) is 6.73. The molecule has 0 aliphatic heterocycles. The quantitative estimate of drug-likeness (QED) is 0.177. The van der Waals surface area contributed by atoms with E-state index >= 15 is 0 Å². The molecule has 1 amide bonds. The van der Waals surface area contributed by atoms with Gasteiger partial charge in [0.2, 0.25) is 0 Å². The molecule has 0 fully saturated rings. The van der Waals surface area contributed by atoms with Gasteiger partial charge in [-0.05, 0) is 41.3 Å². The molecular formula is C30H27Cl2NOS. The summed E-state index contributed by atoms with van der Waals surface area (Å²) in [6.45, 7) is 2.04. The van der Waals surface area contributed by atoms with Crippen molar-refractivity contribution >= 4 is 46.6 Å². The first-order valence-electron chi connectivity index (χ1n) is 11.6. The third-order valence-corrected chi connectivity index (χ3v) is 8.40. The minimum atomic E-state index is -1.25. The summed E-state index contributed by atoms with van der Waals surface area (Å²) in [6, 6.07) is 37.9. The Labute approximate surface area is 221 Å². The summed E-state index contributed by atoms with van der Waals surface area (Å²) in [5.41, 5.74) is 3.78. The molecule has 1 N–H and O–H groups in total. The van der Waals surface area contributed by atoms with E-state index in [0.29, 0.717) is 17.1 Å². The van der Waals surface area contributed by atoms with E-state index in [1.165, 1.54) is 11.8 Å². The van der Waals surface area contributed by atoms with Gasteiger partial charge in [-0.3, -0.25) is 4.79 Å². The highest BCUT2D eigenvalue weighted by Gasteiger charge is 2.48. The molecule has 35 heavy (non-hydrogen) atoms. The fraction of sp³-hybridized carbons (Fsp3) is 0.167. The summed E-state index contributed by atoms with van der Waals surface area (Å²) >= 11 is 15.0. The number of benzene rings is 4. The van der Waals surface area contributed by atoms with Crippen molar-refractivity contribution in [1.82, 2.24) is 0 Å². The second-order valence-corrected chi connectivity index (χ2v) is 11.1. The summed E-state index contributed by atoms with van der Waals surface area (Å²) in [7, 11) is 0. The summed E-state index contributed by atoms with van der Waals surface area (Å²) in [6.07, 6.45) is 1.23. The third-order valence-electron chi connectivity index (χ3n) is 5.85. The number of hydrogen-bond donors (Lipinski definition) is 1. The number of anilines is 1. The maximum atomic E-state index is 13.8. The Bertz CT molecular complexity index is 1150. The maximum absolute atomic E-state index is 13.8. The van der Waals surface area contributed by atoms with Crippen molar-refractivity contribution in [2.45, 2.75) is 28.7 Å². The predicted molar refractivity (Wildman–Crippen MR) is 150 cm³/mol. The standard InChI is InChI=1S/C30H27Cl2NOS/c1-2-21-29(32,28(34)33-27-20-12-19-26(31)22-27)35-30(23-13-6-3-7-14-23,24-15-8-4-9-16-24)25-17-10-5-11-18-25/h3-20,22H,2,21H2,1H3,(H,33,34). The van der Waals surface area contributed by atoms with Gasteiger partial charge in [-0.15, -0.1) is 11.8 Å². The molecule has 0 saturated carbocycles. The molecule has 0 radical (unpaired) electrons. The number of rotatable bonds is 9. The highest BCUT2D eigenvalue weighted by molar-refractivity contribution is 8.04. The first kappa shape index (κ1) is 25.4. The third kappa shape index (κ3) is 5.59. The molecule has 0 aliphatic rings. The highest BCUT2D eigenvalue weighted by Crippen LogP contribution is 2.56. The summed E-state index contributed by atoms with van der Waals surface area (Å²) in [4.78, 5) is 13.8. The predicted octanol–water partition coefficient (Wildman–Crippen LogP) is 8.74. The molecule has 0 heterocycles. The van der Waals surface area contributed by atoms with Gasteiger partial charge in [0.05, 0.1) is 4.75 Å². The van der Waals surface area contributed by atoms with Crippen molar-refractivity contribution < 1.29 is 4.79 Å². The Balaban J connectivity index is 1.88. The lowest BCUT2D eigenvalue weighted by Crippen LogP contribution is -2.40. The average molecular weight is 521 g/mol. The monoisotopic (exact) mass is 519 g/mol. The first-order valence-corrected chi connectivity index (χ1v) is 13.2. The van der Waals surface area contributed by atoms with Gasteiger partial charge in [0, 0.05) is 10.7 Å². The number of thioether (sulfide) groups is 1. The van der Waals surface area contributed by atoms with E-state index in [1.54, 1.807) is 12.1 Å². The lowest BCUT2D eigenvalue weighted by atomic mass is 9.84. The van der Waals surface area contributed by atoms with E-state index in [1.807, 2.05) is 73.7 Å². The molecule has 0 aliphatic carbocycles. The topological polar surface area (TPSA) is 29.1 Å². The van der Waals surface area contributed by atoms with Crippen LogP contribution in [0.15, 0.2) is 115 Å². The van der Waals surface area contributed by atoms with Crippen LogP contribution >= 0.6 is 35.0 Å². The largest absolute Gasteiger partial charge is 0.324 e. The van der Waals surface area contributed by atoms with Crippen molar-refractivity contribution in [3.63, 3.8) is 0 Å². The number of carbonyl (C=O) groups excluding carboxylic acids is 1. The van der Waals surface area contributed by atoms with Crippen LogP contribution in [0.2, 0.25) is 5.02 Å². The molecule has 0 bridgehead atoms. The number of amides is 1. The number of hydrogen-bond acceptors (Lipinski definition) is 2. The van der Waals surface area contributed by atoms with E-state index in [0.717, 1.165) is 23.1 Å².